The van der Waals surface area contributed by atoms with Crippen LogP contribution in [0.5, 0.6) is 0 Å². The average molecular weight is 339 g/mol. The van der Waals surface area contributed by atoms with Gasteiger partial charge in [0.2, 0.25) is 10.0 Å². The van der Waals surface area contributed by atoms with E-state index in [0.29, 0.717) is 45.2 Å². The van der Waals surface area contributed by atoms with Crippen molar-refractivity contribution in [2.24, 2.45) is 0 Å². The molecule has 23 heavy (non-hydrogen) atoms. The van der Waals surface area contributed by atoms with Crippen LogP contribution in [0.1, 0.15) is 31.4 Å². The quantitative estimate of drug-likeness (QED) is 0.905. The first-order chi connectivity index (χ1) is 11.1. The second-order valence-electron chi connectivity index (χ2n) is 6.36. The number of ether oxygens (including phenoxy) is 1. The van der Waals surface area contributed by atoms with Crippen molar-refractivity contribution in [1.29, 1.82) is 0 Å². The zero-order chi connectivity index (χ0) is 16.3. The van der Waals surface area contributed by atoms with Crippen molar-refractivity contribution in [3.05, 3.63) is 24.0 Å². The molecule has 0 atom stereocenters. The smallest absolute Gasteiger partial charge is 0.217 e. The van der Waals surface area contributed by atoms with Gasteiger partial charge in [-0.2, -0.15) is 0 Å². The highest BCUT2D eigenvalue weighted by molar-refractivity contribution is 7.89. The lowest BCUT2D eigenvalue weighted by molar-refractivity contribution is 0.0969. The molecule has 0 unspecified atom stereocenters. The van der Waals surface area contributed by atoms with Gasteiger partial charge in [-0.3, -0.25) is 4.98 Å². The molecule has 1 aromatic rings. The zero-order valence-electron chi connectivity index (χ0n) is 13.6. The number of nitrogens with zero attached hydrogens (tertiary/aromatic N) is 2. The highest BCUT2D eigenvalue weighted by atomic mass is 32.2. The summed E-state index contributed by atoms with van der Waals surface area (Å²) in [5.41, 5.74) is 2.04. The molecule has 0 radical (unpaired) electrons. The number of pyridine rings is 1. The first kappa shape index (κ1) is 16.7. The van der Waals surface area contributed by atoms with Crippen LogP contribution >= 0.6 is 0 Å². The van der Waals surface area contributed by atoms with Gasteiger partial charge in [0.05, 0.1) is 5.25 Å². The number of nitrogens with one attached hydrogen (secondary N) is 1. The lowest BCUT2D eigenvalue weighted by Gasteiger charge is -2.35. The molecule has 2 aliphatic rings. The van der Waals surface area contributed by atoms with E-state index in [9.17, 15) is 8.42 Å². The van der Waals surface area contributed by atoms with Gasteiger partial charge in [0.15, 0.2) is 0 Å². The van der Waals surface area contributed by atoms with Gasteiger partial charge in [0, 0.05) is 49.9 Å². The minimum atomic E-state index is -3.17. The predicted molar refractivity (Wildman–Crippen MR) is 90.0 cm³/mol. The molecule has 1 aromatic heterocycles. The summed E-state index contributed by atoms with van der Waals surface area (Å²) in [6.07, 6.45) is 4.71. The van der Waals surface area contributed by atoms with Crippen LogP contribution in [-0.4, -0.2) is 55.3 Å². The number of aryl methyl sites for hydroxylation is 1. The highest BCUT2D eigenvalue weighted by Gasteiger charge is 2.35. The second-order valence-corrected chi connectivity index (χ2v) is 8.57. The summed E-state index contributed by atoms with van der Waals surface area (Å²) in [5.74, 6) is 0. The van der Waals surface area contributed by atoms with Gasteiger partial charge in [-0.25, -0.2) is 12.7 Å². The van der Waals surface area contributed by atoms with Gasteiger partial charge in [0.1, 0.15) is 0 Å². The van der Waals surface area contributed by atoms with Gasteiger partial charge >= 0.3 is 0 Å². The molecule has 3 rings (SSSR count). The molecule has 6 nitrogen and oxygen atoms in total. The number of piperidine rings is 1. The molecule has 0 spiro atoms. The van der Waals surface area contributed by atoms with Crippen LogP contribution < -0.4 is 5.32 Å². The van der Waals surface area contributed by atoms with Crippen LogP contribution in [0.25, 0.3) is 0 Å². The minimum Gasteiger partial charge on any atom is -0.382 e. The van der Waals surface area contributed by atoms with Crippen molar-refractivity contribution in [3.8, 4) is 0 Å². The fourth-order valence-corrected chi connectivity index (χ4v) is 5.24. The lowest BCUT2D eigenvalue weighted by atomic mass is 10.1. The second kappa shape index (κ2) is 7.15. The molecule has 3 heterocycles. The van der Waals surface area contributed by atoms with E-state index >= 15 is 0 Å². The third kappa shape index (κ3) is 4.02. The van der Waals surface area contributed by atoms with Crippen molar-refractivity contribution in [3.63, 3.8) is 0 Å². The third-order valence-corrected chi connectivity index (χ3v) is 7.07. The summed E-state index contributed by atoms with van der Waals surface area (Å²) in [7, 11) is -3.17. The van der Waals surface area contributed by atoms with E-state index in [4.69, 9.17) is 4.74 Å². The first-order valence-corrected chi connectivity index (χ1v) is 9.82. The number of anilines is 1. The maximum atomic E-state index is 12.7. The Hall–Kier alpha value is -1.18. The van der Waals surface area contributed by atoms with Crippen LogP contribution in [0.4, 0.5) is 5.69 Å². The van der Waals surface area contributed by atoms with Crippen molar-refractivity contribution < 1.29 is 13.2 Å². The predicted octanol–water partition coefficient (Wildman–Crippen LogP) is 1.78. The topological polar surface area (TPSA) is 71.5 Å². The van der Waals surface area contributed by atoms with E-state index in [1.54, 1.807) is 10.5 Å². The lowest BCUT2D eigenvalue weighted by Crippen LogP contribution is -2.47. The summed E-state index contributed by atoms with van der Waals surface area (Å²) >= 11 is 0. The normalized spacial score (nSPS) is 22.1. The minimum absolute atomic E-state index is 0.261. The van der Waals surface area contributed by atoms with Crippen molar-refractivity contribution in [2.75, 3.05) is 31.6 Å². The van der Waals surface area contributed by atoms with Crippen LogP contribution in [0.15, 0.2) is 18.3 Å². The van der Waals surface area contributed by atoms with Crippen molar-refractivity contribution in [2.45, 2.75) is 43.9 Å². The molecule has 2 saturated heterocycles. The third-order valence-electron chi connectivity index (χ3n) is 4.67. The summed E-state index contributed by atoms with van der Waals surface area (Å²) < 4.78 is 32.3. The number of hydrogen-bond acceptors (Lipinski definition) is 5. The Morgan fingerprint density at radius 1 is 1.22 bits per heavy atom. The van der Waals surface area contributed by atoms with Gasteiger partial charge < -0.3 is 10.1 Å². The molecule has 0 aliphatic carbocycles. The highest BCUT2D eigenvalue weighted by Crippen LogP contribution is 2.24. The standard InChI is InChI=1S/C16H25N3O3S/c1-13-12-15(2-7-17-13)18-14-3-8-19(9-4-14)23(20,21)16-5-10-22-11-6-16/h2,7,12,14,16H,3-6,8-11H2,1H3,(H,17,18). The summed E-state index contributed by atoms with van der Waals surface area (Å²) in [5, 5.41) is 3.23. The number of sulfonamides is 1. The SMILES string of the molecule is Cc1cc(NC2CCN(S(=O)(=O)C3CCOCC3)CC2)ccn1. The molecular weight excluding hydrogens is 314 g/mol. The molecule has 7 heteroatoms. The van der Waals surface area contributed by atoms with Gasteiger partial charge in [-0.05, 0) is 44.7 Å². The molecule has 0 amide bonds. The summed E-state index contributed by atoms with van der Waals surface area (Å²) in [6, 6.07) is 4.29. The van der Waals surface area contributed by atoms with E-state index in [2.05, 4.69) is 10.3 Å². The number of rotatable bonds is 4. The van der Waals surface area contributed by atoms with E-state index < -0.39 is 10.0 Å². The van der Waals surface area contributed by atoms with Crippen LogP contribution in [0, 0.1) is 6.92 Å². The fourth-order valence-electron chi connectivity index (χ4n) is 3.31. The zero-order valence-corrected chi connectivity index (χ0v) is 14.4. The van der Waals surface area contributed by atoms with Gasteiger partial charge in [-0.15, -0.1) is 0 Å². The van der Waals surface area contributed by atoms with Gasteiger partial charge in [0.25, 0.3) is 0 Å². The van der Waals surface area contributed by atoms with E-state index in [-0.39, 0.29) is 5.25 Å². The van der Waals surface area contributed by atoms with Crippen LogP contribution in [0.2, 0.25) is 0 Å². The Labute approximate surface area is 138 Å². The number of aromatic nitrogens is 1. The van der Waals surface area contributed by atoms with Crippen molar-refractivity contribution >= 4 is 15.7 Å². The monoisotopic (exact) mass is 339 g/mol. The van der Waals surface area contributed by atoms with E-state index in [0.717, 1.165) is 24.2 Å². The summed E-state index contributed by atoms with van der Waals surface area (Å²) in [6.45, 7) is 4.28. The molecular formula is C16H25N3O3S. The Bertz CT molecular complexity index is 621. The molecule has 128 valence electrons. The molecule has 0 saturated carbocycles. The molecule has 1 N–H and O–H groups in total. The van der Waals surface area contributed by atoms with Gasteiger partial charge in [-0.1, -0.05) is 0 Å². The Balaban J connectivity index is 1.55. The molecule has 2 aliphatic heterocycles. The summed E-state index contributed by atoms with van der Waals surface area (Å²) in [4.78, 5) is 4.19. The Morgan fingerprint density at radius 3 is 2.57 bits per heavy atom. The molecule has 2 fully saturated rings. The Morgan fingerprint density at radius 2 is 1.91 bits per heavy atom. The average Bonchev–Trinajstić information content (AvgIpc) is 2.56. The van der Waals surface area contributed by atoms with Crippen molar-refractivity contribution in [1.82, 2.24) is 9.29 Å². The Kier molecular flexibility index (Phi) is 5.18. The maximum absolute atomic E-state index is 12.7. The molecule has 0 aromatic carbocycles. The maximum Gasteiger partial charge on any atom is 0.217 e. The van der Waals surface area contributed by atoms with E-state index in [1.807, 2.05) is 19.1 Å². The molecule has 0 bridgehead atoms. The fraction of sp³-hybridized carbons (Fsp3) is 0.688. The first-order valence-electron chi connectivity index (χ1n) is 8.31. The van der Waals surface area contributed by atoms with E-state index in [1.165, 1.54) is 0 Å². The largest absolute Gasteiger partial charge is 0.382 e. The van der Waals surface area contributed by atoms with Crippen LogP contribution in [0.3, 0.4) is 0 Å². The van der Waals surface area contributed by atoms with Crippen LogP contribution in [-0.2, 0) is 14.8 Å². The number of hydrogen-bond donors (Lipinski definition) is 1.